The molecule has 0 aromatic rings. The van der Waals surface area contributed by atoms with Crippen molar-refractivity contribution >= 4 is 21.9 Å². The van der Waals surface area contributed by atoms with E-state index in [2.05, 4.69) is 15.9 Å². The number of fused-ring (bicyclic) bond motifs is 1. The van der Waals surface area contributed by atoms with Gasteiger partial charge in [-0.25, -0.2) is 0 Å². The van der Waals surface area contributed by atoms with Crippen molar-refractivity contribution in [3.05, 3.63) is 0 Å². The average Bonchev–Trinajstić information content (AvgIpc) is 2.60. The van der Waals surface area contributed by atoms with Gasteiger partial charge in [0, 0.05) is 4.83 Å². The minimum absolute atomic E-state index is 0.259. The molecule has 0 radical (unpaired) electrons. The molecule has 0 saturated heterocycles. The Hall–Kier alpha value is -0.0500. The normalized spacial score (nSPS) is 48.1. The molecule has 0 aromatic carbocycles. The van der Waals surface area contributed by atoms with Crippen LogP contribution in [0.3, 0.4) is 0 Å². The standard InChI is InChI=1S/C8H11BrO2/c9-6-5-3-1-2-4-8(5,6)7(10)11/h5-6H,1-4H2,(H,10,11)/t5-,6-,8+/m1/s1. The molecule has 11 heavy (non-hydrogen) atoms. The molecule has 2 rings (SSSR count). The summed E-state index contributed by atoms with van der Waals surface area (Å²) in [6.07, 6.45) is 4.28. The highest BCUT2D eigenvalue weighted by Crippen LogP contribution is 2.65. The van der Waals surface area contributed by atoms with Crippen LogP contribution < -0.4 is 0 Å². The van der Waals surface area contributed by atoms with Gasteiger partial charge < -0.3 is 5.11 Å². The molecule has 3 heteroatoms. The number of carboxylic acid groups (broad SMARTS) is 1. The largest absolute Gasteiger partial charge is 0.481 e. The van der Waals surface area contributed by atoms with E-state index < -0.39 is 5.97 Å². The van der Waals surface area contributed by atoms with Gasteiger partial charge in [-0.15, -0.1) is 0 Å². The van der Waals surface area contributed by atoms with Crippen molar-refractivity contribution in [1.29, 1.82) is 0 Å². The smallest absolute Gasteiger partial charge is 0.311 e. The molecule has 62 valence electrons. The first-order valence-corrected chi connectivity index (χ1v) is 4.98. The van der Waals surface area contributed by atoms with E-state index in [1.165, 1.54) is 6.42 Å². The van der Waals surface area contributed by atoms with E-state index >= 15 is 0 Å². The minimum Gasteiger partial charge on any atom is -0.481 e. The third-order valence-electron chi connectivity index (χ3n) is 3.15. The summed E-state index contributed by atoms with van der Waals surface area (Å²) < 4.78 is 0. The Kier molecular flexibility index (Phi) is 1.53. The Balaban J connectivity index is 2.20. The van der Waals surface area contributed by atoms with Crippen LogP contribution >= 0.6 is 15.9 Å². The number of carboxylic acids is 1. The molecule has 2 saturated carbocycles. The van der Waals surface area contributed by atoms with Gasteiger partial charge in [-0.2, -0.15) is 0 Å². The summed E-state index contributed by atoms with van der Waals surface area (Å²) in [7, 11) is 0. The number of rotatable bonds is 1. The Morgan fingerprint density at radius 2 is 2.27 bits per heavy atom. The summed E-state index contributed by atoms with van der Waals surface area (Å²) in [5, 5.41) is 8.98. The fourth-order valence-corrected chi connectivity index (χ4v) is 3.71. The highest BCUT2D eigenvalue weighted by atomic mass is 79.9. The van der Waals surface area contributed by atoms with E-state index in [1.807, 2.05) is 0 Å². The predicted octanol–water partition coefficient (Wildman–Crippen LogP) is 2.02. The number of alkyl halides is 1. The monoisotopic (exact) mass is 218 g/mol. The summed E-state index contributed by atoms with van der Waals surface area (Å²) in [4.78, 5) is 11.2. The number of hydrogen-bond donors (Lipinski definition) is 1. The summed E-state index contributed by atoms with van der Waals surface area (Å²) in [6, 6.07) is 0. The summed E-state index contributed by atoms with van der Waals surface area (Å²) in [5.41, 5.74) is -0.363. The Labute approximate surface area is 74.1 Å². The lowest BCUT2D eigenvalue weighted by atomic mass is 9.89. The lowest BCUT2D eigenvalue weighted by molar-refractivity contribution is -0.144. The molecule has 2 nitrogen and oxygen atoms in total. The highest BCUT2D eigenvalue weighted by Gasteiger charge is 2.68. The lowest BCUT2D eigenvalue weighted by Crippen LogP contribution is -2.21. The van der Waals surface area contributed by atoms with Crippen LogP contribution in [-0.4, -0.2) is 15.9 Å². The molecular formula is C8H11BrO2. The van der Waals surface area contributed by atoms with Crippen LogP contribution in [0.5, 0.6) is 0 Å². The van der Waals surface area contributed by atoms with E-state index in [0.29, 0.717) is 5.92 Å². The second-order valence-corrected chi connectivity index (χ2v) is 4.59. The predicted molar refractivity (Wildman–Crippen MR) is 44.7 cm³/mol. The van der Waals surface area contributed by atoms with Crippen LogP contribution in [0.1, 0.15) is 25.7 Å². The first kappa shape index (κ1) is 7.59. The Bertz CT molecular complexity index is 204. The van der Waals surface area contributed by atoms with Crippen LogP contribution in [0.4, 0.5) is 0 Å². The van der Waals surface area contributed by atoms with E-state index in [9.17, 15) is 4.79 Å². The van der Waals surface area contributed by atoms with Crippen molar-refractivity contribution in [2.45, 2.75) is 30.5 Å². The molecule has 0 aliphatic heterocycles. The Morgan fingerprint density at radius 1 is 1.55 bits per heavy atom. The zero-order valence-corrected chi connectivity index (χ0v) is 7.80. The molecule has 0 aromatic heterocycles. The summed E-state index contributed by atoms with van der Waals surface area (Å²) in [6.45, 7) is 0. The maximum Gasteiger partial charge on any atom is 0.311 e. The van der Waals surface area contributed by atoms with Gasteiger partial charge in [0.05, 0.1) is 5.41 Å². The van der Waals surface area contributed by atoms with Crippen molar-refractivity contribution in [3.63, 3.8) is 0 Å². The molecule has 2 fully saturated rings. The van der Waals surface area contributed by atoms with Gasteiger partial charge in [-0.3, -0.25) is 4.79 Å². The number of aliphatic carboxylic acids is 1. The van der Waals surface area contributed by atoms with Crippen LogP contribution in [0.25, 0.3) is 0 Å². The molecule has 1 N–H and O–H groups in total. The zero-order valence-electron chi connectivity index (χ0n) is 6.22. The van der Waals surface area contributed by atoms with Gasteiger partial charge in [0.25, 0.3) is 0 Å². The number of halogens is 1. The molecule has 0 amide bonds. The molecule has 2 aliphatic rings. The van der Waals surface area contributed by atoms with Gasteiger partial charge in [0.1, 0.15) is 0 Å². The third-order valence-corrected chi connectivity index (χ3v) is 4.61. The Morgan fingerprint density at radius 3 is 2.73 bits per heavy atom. The van der Waals surface area contributed by atoms with Crippen molar-refractivity contribution in [1.82, 2.24) is 0 Å². The van der Waals surface area contributed by atoms with E-state index in [4.69, 9.17) is 5.11 Å². The molecule has 0 heterocycles. The van der Waals surface area contributed by atoms with Gasteiger partial charge in [-0.05, 0) is 18.8 Å². The van der Waals surface area contributed by atoms with Crippen molar-refractivity contribution < 1.29 is 9.90 Å². The van der Waals surface area contributed by atoms with Crippen LogP contribution in [-0.2, 0) is 4.79 Å². The SMILES string of the molecule is O=C(O)[C@@]12CCCC[C@@H]1[C@H]2Br. The van der Waals surface area contributed by atoms with Crippen molar-refractivity contribution in [2.24, 2.45) is 11.3 Å². The molecule has 0 unspecified atom stereocenters. The highest BCUT2D eigenvalue weighted by molar-refractivity contribution is 9.09. The molecular weight excluding hydrogens is 208 g/mol. The molecule has 0 spiro atoms. The summed E-state index contributed by atoms with van der Waals surface area (Å²) in [5.74, 6) is -0.169. The second kappa shape index (κ2) is 2.22. The van der Waals surface area contributed by atoms with Crippen molar-refractivity contribution in [3.8, 4) is 0 Å². The molecule has 0 bridgehead atoms. The fraction of sp³-hybridized carbons (Fsp3) is 0.875. The fourth-order valence-electron chi connectivity index (χ4n) is 2.36. The topological polar surface area (TPSA) is 37.3 Å². The molecule has 3 atom stereocenters. The maximum absolute atomic E-state index is 10.9. The maximum atomic E-state index is 10.9. The van der Waals surface area contributed by atoms with Crippen molar-refractivity contribution in [2.75, 3.05) is 0 Å². The lowest BCUT2D eigenvalue weighted by Gasteiger charge is -2.16. The van der Waals surface area contributed by atoms with E-state index in [0.717, 1.165) is 19.3 Å². The van der Waals surface area contributed by atoms with Gasteiger partial charge in [0.2, 0.25) is 0 Å². The van der Waals surface area contributed by atoms with Gasteiger partial charge in [-0.1, -0.05) is 28.8 Å². The second-order valence-electron chi connectivity index (χ2n) is 3.60. The van der Waals surface area contributed by atoms with Gasteiger partial charge in [0.15, 0.2) is 0 Å². The minimum atomic E-state index is -0.593. The zero-order chi connectivity index (χ0) is 8.06. The number of hydrogen-bond acceptors (Lipinski definition) is 1. The van der Waals surface area contributed by atoms with E-state index in [-0.39, 0.29) is 10.2 Å². The first-order chi connectivity index (χ1) is 5.19. The van der Waals surface area contributed by atoms with Crippen LogP contribution in [0, 0.1) is 11.3 Å². The van der Waals surface area contributed by atoms with Gasteiger partial charge >= 0.3 is 5.97 Å². The summed E-state index contributed by atoms with van der Waals surface area (Å²) >= 11 is 3.45. The number of carbonyl (C=O) groups is 1. The molecule has 2 aliphatic carbocycles. The third kappa shape index (κ3) is 0.805. The first-order valence-electron chi connectivity index (χ1n) is 4.07. The van der Waals surface area contributed by atoms with E-state index in [1.54, 1.807) is 0 Å². The van der Waals surface area contributed by atoms with Crippen LogP contribution in [0.15, 0.2) is 0 Å². The quantitative estimate of drug-likeness (QED) is 0.685. The average molecular weight is 219 g/mol. The van der Waals surface area contributed by atoms with Crippen LogP contribution in [0.2, 0.25) is 0 Å².